The standard InChI is InChI=1S/C78H42N12S2/c1-5-19-55-45(13-1)52-39-43(29-32-57(52)81-55)87-59-20-6-2-15-49(59)67-75(87)85-77-71(83-67)69-61(24-11-35-79-69)88(77)44-30-33-58-53(40-44)51-37-41(27-31-56(51)82-58)42-28-34-66-54(38-42)48-18-10-22-63(74(48)92-66)89-60-21-7-3-16-50(60)68-76(89)86-78-72(84-68)70-62(25-12-36-80-70)90(78)64-23-9-17-47-46-14-4-8-26-65(46)91-73(47)64/h1-40,81-82H. The second-order valence-electron chi connectivity index (χ2n) is 24.0. The predicted octanol–water partition coefficient (Wildman–Crippen LogP) is 20.1. The monoisotopic (exact) mass is 1210 g/mol. The average molecular weight is 1210 g/mol. The summed E-state index contributed by atoms with van der Waals surface area (Å²) in [6, 6.07) is 82.8. The number of hydrogen-bond acceptors (Lipinski definition) is 8. The molecule has 0 saturated carbocycles. The molecular formula is C78H42N12S2. The molecule has 0 fully saturated rings. The Morgan fingerprint density at radius 1 is 0.272 bits per heavy atom. The van der Waals surface area contributed by atoms with E-state index in [4.69, 9.17) is 29.9 Å². The summed E-state index contributed by atoms with van der Waals surface area (Å²) in [5.74, 6) is 0. The third-order valence-electron chi connectivity index (χ3n) is 19.1. The fourth-order valence-corrected chi connectivity index (χ4v) is 17.5. The second-order valence-corrected chi connectivity index (χ2v) is 26.1. The highest BCUT2D eigenvalue weighted by molar-refractivity contribution is 7.26. The molecule has 22 rings (SSSR count). The van der Waals surface area contributed by atoms with Crippen LogP contribution in [0, 0.1) is 0 Å². The van der Waals surface area contributed by atoms with Crippen LogP contribution in [0.1, 0.15) is 0 Å². The van der Waals surface area contributed by atoms with Crippen molar-refractivity contribution in [2.24, 2.45) is 0 Å². The minimum Gasteiger partial charge on any atom is -0.355 e. The van der Waals surface area contributed by atoms with Crippen LogP contribution in [0.2, 0.25) is 0 Å². The zero-order valence-corrected chi connectivity index (χ0v) is 50.0. The molecule has 0 saturated heterocycles. The Morgan fingerprint density at radius 2 is 0.707 bits per heavy atom. The van der Waals surface area contributed by atoms with E-state index in [1.165, 1.54) is 45.7 Å². The normalized spacial score (nSPS) is 12.6. The Bertz CT molecular complexity index is 7040. The molecule has 0 spiro atoms. The summed E-state index contributed by atoms with van der Waals surface area (Å²) in [5, 5.41) is 11.5. The molecule has 22 aromatic rings. The van der Waals surface area contributed by atoms with E-state index in [-0.39, 0.29) is 0 Å². The Labute approximate surface area is 526 Å². The summed E-state index contributed by atoms with van der Waals surface area (Å²) >= 11 is 3.63. The fraction of sp³-hybridized carbons (Fsp3) is 0. The van der Waals surface area contributed by atoms with Crippen molar-refractivity contribution in [1.82, 2.24) is 58.1 Å². The lowest BCUT2D eigenvalue weighted by molar-refractivity contribution is 1.10. The van der Waals surface area contributed by atoms with Crippen molar-refractivity contribution >= 4 is 195 Å². The number of rotatable bonds is 5. The molecule has 0 amide bonds. The summed E-state index contributed by atoms with van der Waals surface area (Å²) in [6.45, 7) is 0. The maximum absolute atomic E-state index is 5.73. The third-order valence-corrected chi connectivity index (χ3v) is 21.5. The molecule has 10 aromatic carbocycles. The first-order chi connectivity index (χ1) is 45.6. The van der Waals surface area contributed by atoms with Gasteiger partial charge in [-0.15, -0.1) is 22.7 Å². The molecule has 0 unspecified atom stereocenters. The largest absolute Gasteiger partial charge is 0.355 e. The molecule has 12 nitrogen and oxygen atoms in total. The number of hydrogen-bond donors (Lipinski definition) is 2. The maximum atomic E-state index is 5.73. The maximum Gasteiger partial charge on any atom is 0.168 e. The van der Waals surface area contributed by atoms with E-state index in [1.807, 2.05) is 47.2 Å². The molecule has 0 aliphatic carbocycles. The molecule has 0 aliphatic heterocycles. The van der Waals surface area contributed by atoms with E-state index in [9.17, 15) is 0 Å². The average Bonchev–Trinajstić information content (AvgIpc) is 1.57. The van der Waals surface area contributed by atoms with Crippen LogP contribution in [0.25, 0.3) is 206 Å². The van der Waals surface area contributed by atoms with Crippen molar-refractivity contribution in [2.75, 3.05) is 0 Å². The van der Waals surface area contributed by atoms with E-state index in [2.05, 4.69) is 247 Å². The number of aromatic nitrogens is 12. The van der Waals surface area contributed by atoms with Gasteiger partial charge in [0.2, 0.25) is 0 Å². The summed E-state index contributed by atoms with van der Waals surface area (Å²) < 4.78 is 14.0. The van der Waals surface area contributed by atoms with Crippen LogP contribution < -0.4 is 0 Å². The second kappa shape index (κ2) is 17.8. The lowest BCUT2D eigenvalue weighted by Gasteiger charge is -2.10. The predicted molar refractivity (Wildman–Crippen MR) is 381 cm³/mol. The van der Waals surface area contributed by atoms with Gasteiger partial charge in [-0.2, -0.15) is 0 Å². The number of nitrogens with zero attached hydrogens (tertiary/aromatic N) is 10. The fourth-order valence-electron chi connectivity index (χ4n) is 15.1. The molecule has 0 radical (unpaired) electrons. The first-order valence-electron chi connectivity index (χ1n) is 30.7. The van der Waals surface area contributed by atoms with E-state index >= 15 is 0 Å². The highest BCUT2D eigenvalue weighted by atomic mass is 32.1. The van der Waals surface area contributed by atoms with Gasteiger partial charge in [-0.3, -0.25) is 28.2 Å². The number of aromatic amines is 2. The van der Waals surface area contributed by atoms with Gasteiger partial charge >= 0.3 is 0 Å². The molecule has 14 heteroatoms. The van der Waals surface area contributed by atoms with Crippen LogP contribution in [-0.4, -0.2) is 58.1 Å². The van der Waals surface area contributed by atoms with Gasteiger partial charge < -0.3 is 9.97 Å². The van der Waals surface area contributed by atoms with E-state index < -0.39 is 0 Å². The quantitative estimate of drug-likeness (QED) is 0.177. The number of fused-ring (bicyclic) bond motifs is 24. The molecule has 0 atom stereocenters. The number of pyridine rings is 2. The smallest absolute Gasteiger partial charge is 0.168 e. The lowest BCUT2D eigenvalue weighted by Crippen LogP contribution is -2.00. The van der Waals surface area contributed by atoms with Gasteiger partial charge in [0.05, 0.1) is 42.8 Å². The number of nitrogens with one attached hydrogen (secondary N) is 2. The molecule has 92 heavy (non-hydrogen) atoms. The van der Waals surface area contributed by atoms with Gasteiger partial charge in [-0.1, -0.05) is 109 Å². The molecule has 2 N–H and O–H groups in total. The van der Waals surface area contributed by atoms with Crippen LogP contribution >= 0.6 is 22.7 Å². The Balaban J connectivity index is 0.690. The van der Waals surface area contributed by atoms with Gasteiger partial charge in [0.15, 0.2) is 22.6 Å². The Hall–Kier alpha value is -12.1. The topological polar surface area (TPSA) is 129 Å². The van der Waals surface area contributed by atoms with E-state index in [0.717, 1.165) is 161 Å². The number of para-hydroxylation sites is 3. The summed E-state index contributed by atoms with van der Waals surface area (Å²) in [7, 11) is 0. The summed E-state index contributed by atoms with van der Waals surface area (Å²) in [4.78, 5) is 39.8. The number of H-pyrrole nitrogens is 2. The summed E-state index contributed by atoms with van der Waals surface area (Å²) in [6.07, 6.45) is 3.71. The molecule has 12 aromatic heterocycles. The molecule has 0 bridgehead atoms. The number of benzene rings is 10. The summed E-state index contributed by atoms with van der Waals surface area (Å²) in [5.41, 5.74) is 22.6. The molecular weight excluding hydrogens is 1170 g/mol. The molecule has 0 aliphatic rings. The highest BCUT2D eigenvalue weighted by Gasteiger charge is 2.27. The van der Waals surface area contributed by atoms with Crippen molar-refractivity contribution < 1.29 is 0 Å². The minimum absolute atomic E-state index is 0.740. The third kappa shape index (κ3) is 6.52. The van der Waals surface area contributed by atoms with Gasteiger partial charge in [0.1, 0.15) is 33.1 Å². The van der Waals surface area contributed by atoms with Gasteiger partial charge in [-0.25, -0.2) is 19.9 Å². The van der Waals surface area contributed by atoms with Crippen molar-refractivity contribution in [1.29, 1.82) is 0 Å². The van der Waals surface area contributed by atoms with Gasteiger partial charge in [-0.05, 0) is 132 Å². The van der Waals surface area contributed by atoms with Crippen LogP contribution in [0.3, 0.4) is 0 Å². The van der Waals surface area contributed by atoms with Gasteiger partial charge in [0.25, 0.3) is 0 Å². The van der Waals surface area contributed by atoms with Crippen LogP contribution in [0.5, 0.6) is 0 Å². The van der Waals surface area contributed by atoms with Crippen molar-refractivity contribution in [2.45, 2.75) is 0 Å². The first-order valence-corrected chi connectivity index (χ1v) is 32.3. The van der Waals surface area contributed by atoms with Gasteiger partial charge in [0, 0.05) is 109 Å². The zero-order chi connectivity index (χ0) is 59.6. The minimum atomic E-state index is 0.740. The Kier molecular flexibility index (Phi) is 9.47. The van der Waals surface area contributed by atoms with Crippen LogP contribution in [0.15, 0.2) is 243 Å². The number of thiophene rings is 2. The molecule has 426 valence electrons. The first kappa shape index (κ1) is 48.9. The van der Waals surface area contributed by atoms with Crippen LogP contribution in [-0.2, 0) is 0 Å². The lowest BCUT2D eigenvalue weighted by atomic mass is 10.0. The van der Waals surface area contributed by atoms with E-state index in [0.29, 0.717) is 0 Å². The Morgan fingerprint density at radius 3 is 1.38 bits per heavy atom. The molecule has 12 heterocycles. The van der Waals surface area contributed by atoms with Crippen LogP contribution in [0.4, 0.5) is 0 Å². The van der Waals surface area contributed by atoms with Crippen molar-refractivity contribution in [3.8, 4) is 33.9 Å². The van der Waals surface area contributed by atoms with E-state index in [1.54, 1.807) is 0 Å². The zero-order valence-electron chi connectivity index (χ0n) is 48.4. The SMILES string of the molecule is c1ccc2c(c1)[nH]c1ccc(-n3c4ccccc4c4nc5c6ncccc6n(-c6ccc7[nH]c8ccc(-c9ccc%10sc%11c(-n%12c%13ccccc%13c%13nc%14c%15ncccc%15n(-c%15cccc%16c%15sc%15ccccc%15%16)c%14nc%13%12)cccc%11c%10c9)cc8c7c6)c5nc43)cc12. The highest BCUT2D eigenvalue weighted by Crippen LogP contribution is 2.46. The van der Waals surface area contributed by atoms with Crippen molar-refractivity contribution in [3.63, 3.8) is 0 Å². The van der Waals surface area contributed by atoms with Crippen molar-refractivity contribution in [3.05, 3.63) is 243 Å².